The van der Waals surface area contributed by atoms with Crippen molar-refractivity contribution in [2.24, 2.45) is 11.0 Å². The first-order chi connectivity index (χ1) is 16.0. The van der Waals surface area contributed by atoms with Gasteiger partial charge < -0.3 is 19.4 Å². The van der Waals surface area contributed by atoms with Gasteiger partial charge in [-0.25, -0.2) is 4.79 Å². The lowest BCUT2D eigenvalue weighted by Crippen LogP contribution is -2.40. The zero-order chi connectivity index (χ0) is 23.4. The van der Waals surface area contributed by atoms with Gasteiger partial charge >= 0.3 is 5.63 Å². The average Bonchev–Trinajstić information content (AvgIpc) is 2.81. The number of hydrazone groups is 1. The van der Waals surface area contributed by atoms with Crippen LogP contribution in [0.3, 0.4) is 0 Å². The van der Waals surface area contributed by atoms with Crippen molar-refractivity contribution in [3.05, 3.63) is 76.1 Å². The maximum atomic E-state index is 13.3. The minimum Gasteiger partial charge on any atom is -0.507 e. The Morgan fingerprint density at radius 1 is 1.06 bits per heavy atom. The monoisotopic (exact) mass is 483 g/mol. The van der Waals surface area contributed by atoms with E-state index in [1.165, 1.54) is 19.3 Å². The molecule has 4 rings (SSSR count). The van der Waals surface area contributed by atoms with Crippen LogP contribution >= 0.6 is 12.4 Å². The molecule has 34 heavy (non-hydrogen) atoms. The molecule has 2 aromatic carbocycles. The van der Waals surface area contributed by atoms with E-state index in [2.05, 4.69) is 4.90 Å². The molecular formula is C27H34ClN3O3. The van der Waals surface area contributed by atoms with Crippen LogP contribution in [0.4, 0.5) is 0 Å². The Kier molecular flexibility index (Phi) is 8.75. The lowest BCUT2D eigenvalue weighted by molar-refractivity contribution is 0.206. The van der Waals surface area contributed by atoms with E-state index in [-0.39, 0.29) is 24.1 Å². The SMILES string of the molecule is C/C(=N\N(C)C)C(CN1CCCCC1)C(c1ccccc1)c1c(O)c2ccccc2oc1=O.Cl. The smallest absolute Gasteiger partial charge is 0.343 e. The highest BCUT2D eigenvalue weighted by Crippen LogP contribution is 2.39. The fourth-order valence-electron chi connectivity index (χ4n) is 4.97. The standard InChI is InChI=1S/C27H33N3O3.ClH/c1-19(28-29(2)3)22(18-30-16-10-5-11-17-30)24(20-12-6-4-7-13-20)25-26(31)21-14-8-9-15-23(21)33-27(25)32;/h4,6-9,12-15,22,24,31H,5,10-11,16-18H2,1-3H3;1H/b28-19+;. The molecule has 2 heterocycles. The largest absolute Gasteiger partial charge is 0.507 e. The molecule has 1 aliphatic rings. The lowest BCUT2D eigenvalue weighted by atomic mass is 9.78. The highest BCUT2D eigenvalue weighted by atomic mass is 35.5. The molecule has 0 spiro atoms. The van der Waals surface area contributed by atoms with Crippen molar-refractivity contribution >= 4 is 29.1 Å². The minimum absolute atomic E-state index is 0. The van der Waals surface area contributed by atoms with Gasteiger partial charge in [-0.3, -0.25) is 0 Å². The van der Waals surface area contributed by atoms with E-state index in [4.69, 9.17) is 9.52 Å². The van der Waals surface area contributed by atoms with Crippen molar-refractivity contribution in [2.75, 3.05) is 33.7 Å². The Bertz CT molecular complexity index is 1170. The van der Waals surface area contributed by atoms with Gasteiger partial charge in [-0.2, -0.15) is 5.10 Å². The summed E-state index contributed by atoms with van der Waals surface area (Å²) in [6, 6.07) is 17.1. The number of nitrogens with zero attached hydrogens (tertiary/aromatic N) is 3. The first-order valence-electron chi connectivity index (χ1n) is 11.7. The third kappa shape index (κ3) is 5.62. The van der Waals surface area contributed by atoms with Gasteiger partial charge in [0.05, 0.1) is 10.9 Å². The predicted octanol–water partition coefficient (Wildman–Crippen LogP) is 5.09. The van der Waals surface area contributed by atoms with Crippen LogP contribution in [0.1, 0.15) is 43.2 Å². The summed E-state index contributed by atoms with van der Waals surface area (Å²) in [6.07, 6.45) is 3.61. The molecule has 1 N–H and O–H groups in total. The number of aromatic hydroxyl groups is 1. The molecule has 6 nitrogen and oxygen atoms in total. The number of hydrogen-bond acceptors (Lipinski definition) is 6. The highest BCUT2D eigenvalue weighted by Gasteiger charge is 2.35. The minimum atomic E-state index is -0.499. The van der Waals surface area contributed by atoms with Gasteiger partial charge in [0, 0.05) is 38.2 Å². The fourth-order valence-corrected chi connectivity index (χ4v) is 4.97. The number of likely N-dealkylation sites (tertiary alicyclic amines) is 1. The van der Waals surface area contributed by atoms with Crippen LogP contribution < -0.4 is 5.63 Å². The first-order valence-corrected chi connectivity index (χ1v) is 11.7. The van der Waals surface area contributed by atoms with Crippen LogP contribution in [-0.4, -0.2) is 54.5 Å². The molecule has 1 aromatic heterocycles. The van der Waals surface area contributed by atoms with Gasteiger partial charge in [-0.05, 0) is 50.6 Å². The maximum absolute atomic E-state index is 13.3. The van der Waals surface area contributed by atoms with Crippen LogP contribution in [0, 0.1) is 5.92 Å². The molecule has 1 aliphatic heterocycles. The second-order valence-corrected chi connectivity index (χ2v) is 9.09. The number of halogens is 1. The molecule has 0 radical (unpaired) electrons. The highest BCUT2D eigenvalue weighted by molar-refractivity contribution is 5.88. The van der Waals surface area contributed by atoms with Crippen LogP contribution in [0.5, 0.6) is 5.75 Å². The van der Waals surface area contributed by atoms with E-state index in [9.17, 15) is 9.90 Å². The molecule has 0 amide bonds. The summed E-state index contributed by atoms with van der Waals surface area (Å²) < 4.78 is 5.70. The van der Waals surface area contributed by atoms with E-state index < -0.39 is 11.5 Å². The lowest BCUT2D eigenvalue weighted by Gasteiger charge is -2.35. The Balaban J connectivity index is 0.00000324. The molecule has 0 saturated carbocycles. The van der Waals surface area contributed by atoms with E-state index in [1.54, 1.807) is 23.2 Å². The van der Waals surface area contributed by atoms with Gasteiger partial charge in [0.1, 0.15) is 11.3 Å². The molecule has 7 heteroatoms. The van der Waals surface area contributed by atoms with Gasteiger partial charge in [-0.15, -0.1) is 12.4 Å². The topological polar surface area (TPSA) is 69.3 Å². The van der Waals surface area contributed by atoms with Crippen LogP contribution in [-0.2, 0) is 0 Å². The zero-order valence-electron chi connectivity index (χ0n) is 20.1. The van der Waals surface area contributed by atoms with Gasteiger partial charge in [0.2, 0.25) is 0 Å². The predicted molar refractivity (Wildman–Crippen MR) is 140 cm³/mol. The van der Waals surface area contributed by atoms with E-state index in [1.807, 2.05) is 57.4 Å². The van der Waals surface area contributed by atoms with Crippen molar-refractivity contribution < 1.29 is 9.52 Å². The van der Waals surface area contributed by atoms with Gasteiger partial charge in [0.15, 0.2) is 0 Å². The summed E-state index contributed by atoms with van der Waals surface area (Å²) in [4.78, 5) is 15.8. The molecule has 3 aromatic rings. The Morgan fingerprint density at radius 3 is 2.38 bits per heavy atom. The van der Waals surface area contributed by atoms with Crippen molar-refractivity contribution in [2.45, 2.75) is 32.1 Å². The quantitative estimate of drug-likeness (QED) is 0.288. The molecule has 2 atom stereocenters. The summed E-state index contributed by atoms with van der Waals surface area (Å²) in [6.45, 7) is 4.84. The fraction of sp³-hybridized carbons (Fsp3) is 0.407. The third-order valence-corrected chi connectivity index (χ3v) is 6.49. The number of benzene rings is 2. The van der Waals surface area contributed by atoms with Crippen molar-refractivity contribution in [1.29, 1.82) is 0 Å². The Hall–Kier alpha value is -2.83. The van der Waals surface area contributed by atoms with Crippen LogP contribution in [0.25, 0.3) is 11.0 Å². The first kappa shape index (κ1) is 25.8. The molecule has 182 valence electrons. The molecule has 0 aliphatic carbocycles. The number of rotatable bonds is 7. The van der Waals surface area contributed by atoms with E-state index >= 15 is 0 Å². The summed E-state index contributed by atoms with van der Waals surface area (Å²) in [5, 5.41) is 18.4. The molecule has 0 bridgehead atoms. The summed E-state index contributed by atoms with van der Waals surface area (Å²) in [5.41, 5.74) is 2.08. The molecule has 1 fully saturated rings. The third-order valence-electron chi connectivity index (χ3n) is 6.49. The van der Waals surface area contributed by atoms with Crippen LogP contribution in [0.15, 0.2) is 68.9 Å². The average molecular weight is 484 g/mol. The Morgan fingerprint density at radius 2 is 1.71 bits per heavy atom. The summed E-state index contributed by atoms with van der Waals surface area (Å²) in [7, 11) is 3.81. The van der Waals surface area contributed by atoms with E-state index in [0.29, 0.717) is 16.5 Å². The van der Waals surface area contributed by atoms with Gasteiger partial charge in [-0.1, -0.05) is 48.9 Å². The maximum Gasteiger partial charge on any atom is 0.343 e. The molecule has 1 saturated heterocycles. The van der Waals surface area contributed by atoms with Crippen molar-refractivity contribution in [3.63, 3.8) is 0 Å². The zero-order valence-corrected chi connectivity index (χ0v) is 20.9. The summed E-state index contributed by atoms with van der Waals surface area (Å²) in [5.74, 6) is -0.502. The second-order valence-electron chi connectivity index (χ2n) is 9.09. The molecule has 2 unspecified atom stereocenters. The Labute approximate surface area is 207 Å². The number of hydrogen-bond donors (Lipinski definition) is 1. The number of piperidine rings is 1. The molecular weight excluding hydrogens is 450 g/mol. The van der Waals surface area contributed by atoms with Crippen molar-refractivity contribution in [3.8, 4) is 5.75 Å². The second kappa shape index (κ2) is 11.5. The van der Waals surface area contributed by atoms with Crippen LogP contribution in [0.2, 0.25) is 0 Å². The number of fused-ring (bicyclic) bond motifs is 1. The number of para-hydroxylation sites is 1. The summed E-state index contributed by atoms with van der Waals surface area (Å²) >= 11 is 0. The normalized spacial score (nSPS) is 16.6. The van der Waals surface area contributed by atoms with E-state index in [0.717, 1.165) is 30.9 Å². The van der Waals surface area contributed by atoms with Crippen molar-refractivity contribution in [1.82, 2.24) is 9.91 Å². The van der Waals surface area contributed by atoms with Gasteiger partial charge in [0.25, 0.3) is 0 Å².